The maximum Gasteiger partial charge on any atom is 0.118 e. The zero-order valence-corrected chi connectivity index (χ0v) is 11.7. The number of hydrogen-bond acceptors (Lipinski definition) is 3. The van der Waals surface area contributed by atoms with Crippen molar-refractivity contribution in [2.75, 3.05) is 13.7 Å². The molecule has 0 fully saturated rings. The third-order valence-corrected chi connectivity index (χ3v) is 3.43. The number of ether oxygens (including phenoxy) is 1. The van der Waals surface area contributed by atoms with Crippen molar-refractivity contribution in [3.05, 3.63) is 35.8 Å². The maximum atomic E-state index is 5.77. The fourth-order valence-electron chi connectivity index (χ4n) is 2.18. The van der Waals surface area contributed by atoms with E-state index in [1.165, 1.54) is 0 Å². The molecule has 0 aliphatic heterocycles. The molecule has 102 valence electrons. The molecule has 0 amide bonds. The van der Waals surface area contributed by atoms with E-state index in [-0.39, 0.29) is 0 Å². The molecule has 0 aliphatic carbocycles. The summed E-state index contributed by atoms with van der Waals surface area (Å²) in [4.78, 5) is 8.05. The molecule has 4 nitrogen and oxygen atoms in total. The Bertz CT molecular complexity index is 527. The summed E-state index contributed by atoms with van der Waals surface area (Å²) in [6, 6.07) is 7.94. The summed E-state index contributed by atoms with van der Waals surface area (Å²) in [6.07, 6.45) is 0.992. The largest absolute Gasteiger partial charge is 0.497 e. The number of H-pyrrole nitrogens is 1. The van der Waals surface area contributed by atoms with Gasteiger partial charge in [-0.05, 0) is 37.6 Å². The van der Waals surface area contributed by atoms with Gasteiger partial charge in [0, 0.05) is 23.7 Å². The Morgan fingerprint density at radius 1 is 1.32 bits per heavy atom. The molecule has 0 spiro atoms. The van der Waals surface area contributed by atoms with Crippen molar-refractivity contribution in [3.63, 3.8) is 0 Å². The first-order chi connectivity index (χ1) is 9.19. The third-order valence-electron chi connectivity index (χ3n) is 3.43. The van der Waals surface area contributed by atoms with Crippen LogP contribution < -0.4 is 10.5 Å². The highest BCUT2D eigenvalue weighted by Gasteiger charge is 2.15. The van der Waals surface area contributed by atoms with Crippen molar-refractivity contribution in [3.8, 4) is 17.0 Å². The second-order valence-electron chi connectivity index (χ2n) is 4.67. The van der Waals surface area contributed by atoms with Crippen LogP contribution >= 0.6 is 0 Å². The first-order valence-electron chi connectivity index (χ1n) is 6.60. The number of aromatic nitrogens is 2. The van der Waals surface area contributed by atoms with Crippen LogP contribution in [0.5, 0.6) is 5.75 Å². The highest BCUT2D eigenvalue weighted by Crippen LogP contribution is 2.26. The number of nitrogens with one attached hydrogen (secondary N) is 1. The zero-order chi connectivity index (χ0) is 13.8. The van der Waals surface area contributed by atoms with E-state index in [2.05, 4.69) is 11.9 Å². The molecule has 19 heavy (non-hydrogen) atoms. The average Bonchev–Trinajstić information content (AvgIpc) is 2.82. The summed E-state index contributed by atoms with van der Waals surface area (Å²) >= 11 is 0. The summed E-state index contributed by atoms with van der Waals surface area (Å²) < 4.78 is 5.17. The standard InChI is InChI=1S/C15H21N3O/c1-4-11(9-16)15-17-10(2)14(18-15)12-5-7-13(19-3)8-6-12/h5-8,11H,4,9,16H2,1-3H3,(H,17,18). The van der Waals surface area contributed by atoms with Gasteiger partial charge in [0.05, 0.1) is 12.8 Å². The summed E-state index contributed by atoms with van der Waals surface area (Å²) in [7, 11) is 1.67. The summed E-state index contributed by atoms with van der Waals surface area (Å²) in [5.41, 5.74) is 8.93. The summed E-state index contributed by atoms with van der Waals surface area (Å²) in [5, 5.41) is 0. The number of nitrogens with zero attached hydrogens (tertiary/aromatic N) is 1. The number of nitrogens with two attached hydrogens (primary N) is 1. The van der Waals surface area contributed by atoms with Gasteiger partial charge in [0.25, 0.3) is 0 Å². The van der Waals surface area contributed by atoms with E-state index >= 15 is 0 Å². The fourth-order valence-corrected chi connectivity index (χ4v) is 2.18. The molecule has 1 atom stereocenters. The zero-order valence-electron chi connectivity index (χ0n) is 11.7. The van der Waals surface area contributed by atoms with Crippen LogP contribution in [-0.2, 0) is 0 Å². The quantitative estimate of drug-likeness (QED) is 0.867. The Balaban J connectivity index is 2.33. The van der Waals surface area contributed by atoms with Gasteiger partial charge in [0.15, 0.2) is 0 Å². The van der Waals surface area contributed by atoms with Gasteiger partial charge < -0.3 is 15.5 Å². The average molecular weight is 259 g/mol. The molecular formula is C15H21N3O. The number of benzene rings is 1. The van der Waals surface area contributed by atoms with Crippen LogP contribution in [-0.4, -0.2) is 23.6 Å². The highest BCUT2D eigenvalue weighted by atomic mass is 16.5. The predicted molar refractivity (Wildman–Crippen MR) is 77.4 cm³/mol. The summed E-state index contributed by atoms with van der Waals surface area (Å²) in [6.45, 7) is 4.78. The Morgan fingerprint density at radius 3 is 2.53 bits per heavy atom. The first kappa shape index (κ1) is 13.6. The van der Waals surface area contributed by atoms with E-state index in [9.17, 15) is 0 Å². The van der Waals surface area contributed by atoms with Crippen LogP contribution in [0.1, 0.15) is 30.8 Å². The number of imidazole rings is 1. The lowest BCUT2D eigenvalue weighted by molar-refractivity contribution is 0.415. The predicted octanol–water partition coefficient (Wildman–Crippen LogP) is 2.85. The number of aryl methyl sites for hydroxylation is 1. The Morgan fingerprint density at radius 2 is 2.00 bits per heavy atom. The second-order valence-corrected chi connectivity index (χ2v) is 4.67. The van der Waals surface area contributed by atoms with Gasteiger partial charge in [0.2, 0.25) is 0 Å². The molecule has 3 N–H and O–H groups in total. The lowest BCUT2D eigenvalue weighted by atomic mass is 10.1. The van der Waals surface area contributed by atoms with E-state index < -0.39 is 0 Å². The van der Waals surface area contributed by atoms with Crippen molar-refractivity contribution in [1.82, 2.24) is 9.97 Å². The SMILES string of the molecule is CCC(CN)c1nc(-c2ccc(OC)cc2)c(C)[nH]1. The minimum atomic E-state index is 0.297. The molecule has 1 aromatic carbocycles. The normalized spacial score (nSPS) is 12.4. The third kappa shape index (κ3) is 2.79. The molecule has 2 aromatic rings. The molecule has 0 saturated heterocycles. The Labute approximate surface area is 114 Å². The van der Waals surface area contributed by atoms with E-state index in [0.29, 0.717) is 12.5 Å². The number of rotatable bonds is 5. The summed E-state index contributed by atoms with van der Waals surface area (Å²) in [5.74, 6) is 2.13. The number of hydrogen-bond donors (Lipinski definition) is 2. The van der Waals surface area contributed by atoms with Crippen LogP contribution in [0, 0.1) is 6.92 Å². The molecule has 0 aliphatic rings. The highest BCUT2D eigenvalue weighted by molar-refractivity contribution is 5.62. The van der Waals surface area contributed by atoms with Crippen LogP contribution in [0.2, 0.25) is 0 Å². The molecular weight excluding hydrogens is 238 g/mol. The lowest BCUT2D eigenvalue weighted by Crippen LogP contribution is -2.12. The van der Waals surface area contributed by atoms with Crippen molar-refractivity contribution < 1.29 is 4.74 Å². The molecule has 1 heterocycles. The van der Waals surface area contributed by atoms with Gasteiger partial charge >= 0.3 is 0 Å². The first-order valence-corrected chi connectivity index (χ1v) is 6.60. The smallest absolute Gasteiger partial charge is 0.118 e. The minimum absolute atomic E-state index is 0.297. The molecule has 4 heteroatoms. The topological polar surface area (TPSA) is 63.9 Å². The molecule has 0 radical (unpaired) electrons. The second kappa shape index (κ2) is 5.89. The van der Waals surface area contributed by atoms with Crippen LogP contribution in [0.25, 0.3) is 11.3 Å². The van der Waals surface area contributed by atoms with E-state index in [0.717, 1.165) is 34.9 Å². The van der Waals surface area contributed by atoms with Crippen molar-refractivity contribution >= 4 is 0 Å². The molecule has 1 aromatic heterocycles. The van der Waals surface area contributed by atoms with Gasteiger partial charge in [0.1, 0.15) is 11.6 Å². The van der Waals surface area contributed by atoms with E-state index in [1.54, 1.807) is 7.11 Å². The monoisotopic (exact) mass is 259 g/mol. The van der Waals surface area contributed by atoms with Crippen LogP contribution in [0.3, 0.4) is 0 Å². The van der Waals surface area contributed by atoms with Crippen molar-refractivity contribution in [2.24, 2.45) is 5.73 Å². The van der Waals surface area contributed by atoms with Crippen molar-refractivity contribution in [2.45, 2.75) is 26.2 Å². The molecule has 2 rings (SSSR count). The lowest BCUT2D eigenvalue weighted by Gasteiger charge is -2.07. The van der Waals surface area contributed by atoms with Gasteiger partial charge in [-0.2, -0.15) is 0 Å². The van der Waals surface area contributed by atoms with Gasteiger partial charge in [-0.1, -0.05) is 6.92 Å². The number of aromatic amines is 1. The van der Waals surface area contributed by atoms with Crippen LogP contribution in [0.4, 0.5) is 0 Å². The Hall–Kier alpha value is -1.81. The minimum Gasteiger partial charge on any atom is -0.497 e. The molecule has 1 unspecified atom stereocenters. The maximum absolute atomic E-state index is 5.77. The van der Waals surface area contributed by atoms with Gasteiger partial charge in [-0.15, -0.1) is 0 Å². The van der Waals surface area contributed by atoms with Crippen molar-refractivity contribution in [1.29, 1.82) is 0 Å². The Kier molecular flexibility index (Phi) is 4.22. The van der Waals surface area contributed by atoms with Gasteiger partial charge in [-0.3, -0.25) is 0 Å². The molecule has 0 saturated carbocycles. The molecule has 0 bridgehead atoms. The van der Waals surface area contributed by atoms with Crippen LogP contribution in [0.15, 0.2) is 24.3 Å². The van der Waals surface area contributed by atoms with Gasteiger partial charge in [-0.25, -0.2) is 4.98 Å². The fraction of sp³-hybridized carbons (Fsp3) is 0.400. The van der Waals surface area contributed by atoms with E-state index in [4.69, 9.17) is 15.5 Å². The number of methoxy groups -OCH3 is 1. The van der Waals surface area contributed by atoms with E-state index in [1.807, 2.05) is 31.2 Å².